The zero-order valence-electron chi connectivity index (χ0n) is 9.84. The van der Waals surface area contributed by atoms with Gasteiger partial charge in [-0.05, 0) is 25.8 Å². The lowest BCUT2D eigenvalue weighted by Gasteiger charge is -2.20. The number of nitrogens with zero attached hydrogens (tertiary/aromatic N) is 3. The van der Waals surface area contributed by atoms with Gasteiger partial charge in [-0.3, -0.25) is 0 Å². The van der Waals surface area contributed by atoms with Gasteiger partial charge in [0, 0.05) is 19.0 Å². The predicted octanol–water partition coefficient (Wildman–Crippen LogP) is 1.71. The van der Waals surface area contributed by atoms with Crippen LogP contribution in [-0.2, 0) is 4.74 Å². The normalized spacial score (nSPS) is 21.8. The van der Waals surface area contributed by atoms with Crippen molar-refractivity contribution in [1.29, 1.82) is 0 Å². The van der Waals surface area contributed by atoms with Crippen molar-refractivity contribution in [2.75, 3.05) is 11.9 Å². The van der Waals surface area contributed by atoms with E-state index in [1.165, 1.54) is 0 Å². The number of fused-ring (bicyclic) bond motifs is 1. The van der Waals surface area contributed by atoms with Crippen LogP contribution in [0.25, 0.3) is 5.52 Å². The van der Waals surface area contributed by atoms with E-state index in [0.29, 0.717) is 6.10 Å². The van der Waals surface area contributed by atoms with E-state index in [1.807, 2.05) is 16.8 Å². The van der Waals surface area contributed by atoms with Crippen LogP contribution in [0.2, 0.25) is 0 Å². The molecule has 1 aliphatic rings. The Hall–Kier alpha value is -1.62. The molecule has 0 spiro atoms. The fourth-order valence-corrected chi connectivity index (χ4v) is 2.27. The van der Waals surface area contributed by atoms with Gasteiger partial charge in [0.15, 0.2) is 5.82 Å². The van der Waals surface area contributed by atoms with E-state index in [1.54, 1.807) is 12.4 Å². The lowest BCUT2D eigenvalue weighted by molar-refractivity contribution is 0.0996. The van der Waals surface area contributed by atoms with Gasteiger partial charge in [-0.25, -0.2) is 9.50 Å². The van der Waals surface area contributed by atoms with E-state index in [-0.39, 0.29) is 6.04 Å². The van der Waals surface area contributed by atoms with Crippen molar-refractivity contribution in [3.63, 3.8) is 0 Å². The van der Waals surface area contributed by atoms with Crippen LogP contribution in [0.1, 0.15) is 19.8 Å². The molecule has 0 aliphatic carbocycles. The first-order valence-corrected chi connectivity index (χ1v) is 6.01. The van der Waals surface area contributed by atoms with Crippen molar-refractivity contribution in [1.82, 2.24) is 14.6 Å². The molecule has 3 heterocycles. The maximum Gasteiger partial charge on any atom is 0.152 e. The van der Waals surface area contributed by atoms with Gasteiger partial charge in [0.25, 0.3) is 0 Å². The summed E-state index contributed by atoms with van der Waals surface area (Å²) in [4.78, 5) is 4.36. The molecule has 0 radical (unpaired) electrons. The van der Waals surface area contributed by atoms with Crippen LogP contribution in [-0.4, -0.2) is 33.4 Å². The van der Waals surface area contributed by atoms with Gasteiger partial charge in [-0.1, -0.05) is 0 Å². The Morgan fingerprint density at radius 2 is 2.47 bits per heavy atom. The molecule has 5 nitrogen and oxygen atoms in total. The first-order valence-electron chi connectivity index (χ1n) is 6.01. The zero-order valence-corrected chi connectivity index (χ0v) is 9.84. The van der Waals surface area contributed by atoms with E-state index in [4.69, 9.17) is 4.74 Å². The lowest BCUT2D eigenvalue weighted by Crippen LogP contribution is -2.30. The van der Waals surface area contributed by atoms with Crippen LogP contribution >= 0.6 is 0 Å². The Labute approximate surface area is 99.8 Å². The molecule has 5 heteroatoms. The molecule has 90 valence electrons. The summed E-state index contributed by atoms with van der Waals surface area (Å²) in [5, 5.41) is 7.61. The van der Waals surface area contributed by atoms with E-state index in [2.05, 4.69) is 22.3 Å². The molecule has 2 atom stereocenters. The van der Waals surface area contributed by atoms with Gasteiger partial charge in [0.05, 0.1) is 18.3 Å². The standard InChI is InChI=1S/C12H16N4O/c1-9(11-3-2-8-17-11)15-12-10-4-5-14-16(10)7-6-13-12/h4-7,9,11H,2-3,8H2,1H3,(H,13,15). The largest absolute Gasteiger partial charge is 0.376 e. The summed E-state index contributed by atoms with van der Waals surface area (Å²) in [7, 11) is 0. The molecular weight excluding hydrogens is 216 g/mol. The highest BCUT2D eigenvalue weighted by molar-refractivity contribution is 5.67. The SMILES string of the molecule is CC(Nc1nccn2nccc12)C1CCCO1. The molecule has 1 aliphatic heterocycles. The molecule has 2 aromatic heterocycles. The van der Waals surface area contributed by atoms with E-state index in [0.717, 1.165) is 30.8 Å². The van der Waals surface area contributed by atoms with Crippen LogP contribution < -0.4 is 5.32 Å². The fraction of sp³-hybridized carbons (Fsp3) is 0.500. The summed E-state index contributed by atoms with van der Waals surface area (Å²) in [5.41, 5.74) is 0.998. The highest BCUT2D eigenvalue weighted by atomic mass is 16.5. The first-order chi connectivity index (χ1) is 8.34. The average molecular weight is 232 g/mol. The maximum absolute atomic E-state index is 5.67. The molecule has 0 amide bonds. The number of hydrogen-bond donors (Lipinski definition) is 1. The van der Waals surface area contributed by atoms with Gasteiger partial charge in [-0.15, -0.1) is 0 Å². The van der Waals surface area contributed by atoms with Gasteiger partial charge in [-0.2, -0.15) is 5.10 Å². The van der Waals surface area contributed by atoms with Crippen LogP contribution in [0.3, 0.4) is 0 Å². The minimum Gasteiger partial charge on any atom is -0.376 e. The highest BCUT2D eigenvalue weighted by Crippen LogP contribution is 2.20. The number of aromatic nitrogens is 3. The van der Waals surface area contributed by atoms with E-state index >= 15 is 0 Å². The third-order valence-corrected chi connectivity index (χ3v) is 3.21. The number of anilines is 1. The first kappa shape index (κ1) is 10.5. The molecule has 1 fully saturated rings. The van der Waals surface area contributed by atoms with Crippen molar-refractivity contribution < 1.29 is 4.74 Å². The van der Waals surface area contributed by atoms with Crippen molar-refractivity contribution in [3.05, 3.63) is 24.7 Å². The summed E-state index contributed by atoms with van der Waals surface area (Å²) in [6, 6.07) is 2.23. The monoisotopic (exact) mass is 232 g/mol. The van der Waals surface area contributed by atoms with Crippen molar-refractivity contribution in [2.24, 2.45) is 0 Å². The van der Waals surface area contributed by atoms with E-state index < -0.39 is 0 Å². The smallest absolute Gasteiger partial charge is 0.152 e. The predicted molar refractivity (Wildman–Crippen MR) is 65.0 cm³/mol. The molecule has 0 saturated carbocycles. The Kier molecular flexibility index (Phi) is 2.68. The van der Waals surface area contributed by atoms with Gasteiger partial charge in [0.1, 0.15) is 5.52 Å². The summed E-state index contributed by atoms with van der Waals surface area (Å²) < 4.78 is 7.48. The Morgan fingerprint density at radius 3 is 3.29 bits per heavy atom. The maximum atomic E-state index is 5.67. The highest BCUT2D eigenvalue weighted by Gasteiger charge is 2.22. The third kappa shape index (κ3) is 1.98. The Morgan fingerprint density at radius 1 is 1.53 bits per heavy atom. The van der Waals surface area contributed by atoms with Gasteiger partial charge < -0.3 is 10.1 Å². The third-order valence-electron chi connectivity index (χ3n) is 3.21. The van der Waals surface area contributed by atoms with Crippen LogP contribution in [0, 0.1) is 0 Å². The quantitative estimate of drug-likeness (QED) is 0.875. The molecule has 1 N–H and O–H groups in total. The van der Waals surface area contributed by atoms with Gasteiger partial charge in [0.2, 0.25) is 0 Å². The number of ether oxygens (including phenoxy) is 1. The molecule has 0 bridgehead atoms. The molecule has 0 aromatic carbocycles. The van der Waals surface area contributed by atoms with Crippen LogP contribution in [0.5, 0.6) is 0 Å². The summed E-state index contributed by atoms with van der Waals surface area (Å²) in [6.07, 6.45) is 7.94. The molecule has 2 aromatic rings. The molecule has 2 unspecified atom stereocenters. The van der Waals surface area contributed by atoms with Gasteiger partial charge >= 0.3 is 0 Å². The average Bonchev–Trinajstić information content (AvgIpc) is 3.00. The lowest BCUT2D eigenvalue weighted by atomic mass is 10.1. The minimum absolute atomic E-state index is 0.270. The second-order valence-corrected chi connectivity index (χ2v) is 4.42. The summed E-state index contributed by atoms with van der Waals surface area (Å²) in [5.74, 6) is 0.869. The molecule has 17 heavy (non-hydrogen) atoms. The summed E-state index contributed by atoms with van der Waals surface area (Å²) >= 11 is 0. The van der Waals surface area contributed by atoms with Crippen molar-refractivity contribution in [3.8, 4) is 0 Å². The molecular formula is C12H16N4O. The molecule has 1 saturated heterocycles. The van der Waals surface area contributed by atoms with Crippen LogP contribution in [0.15, 0.2) is 24.7 Å². The second kappa shape index (κ2) is 4.33. The van der Waals surface area contributed by atoms with Crippen molar-refractivity contribution in [2.45, 2.75) is 31.9 Å². The minimum atomic E-state index is 0.270. The number of rotatable bonds is 3. The van der Waals surface area contributed by atoms with Crippen molar-refractivity contribution >= 4 is 11.3 Å². The number of hydrogen-bond acceptors (Lipinski definition) is 4. The zero-order chi connectivity index (χ0) is 11.7. The second-order valence-electron chi connectivity index (χ2n) is 4.42. The number of nitrogens with one attached hydrogen (secondary N) is 1. The topological polar surface area (TPSA) is 51.5 Å². The Bertz CT molecular complexity index is 504. The van der Waals surface area contributed by atoms with Crippen LogP contribution in [0.4, 0.5) is 5.82 Å². The summed E-state index contributed by atoms with van der Waals surface area (Å²) in [6.45, 7) is 3.01. The van der Waals surface area contributed by atoms with E-state index in [9.17, 15) is 0 Å². The molecule has 3 rings (SSSR count). The Balaban J connectivity index is 1.81. The fourth-order valence-electron chi connectivity index (χ4n) is 2.27.